The zero-order valence-corrected chi connectivity index (χ0v) is 12.4. The summed E-state index contributed by atoms with van der Waals surface area (Å²) in [7, 11) is 0. The van der Waals surface area contributed by atoms with Crippen molar-refractivity contribution in [3.8, 4) is 0 Å². The van der Waals surface area contributed by atoms with Gasteiger partial charge in [0.1, 0.15) is 6.10 Å². The lowest BCUT2D eigenvalue weighted by atomic mass is 10.1. The van der Waals surface area contributed by atoms with Crippen LogP contribution in [0.5, 0.6) is 0 Å². The average molecular weight is 300 g/mol. The molecule has 110 valence electrons. The molecule has 0 radical (unpaired) electrons. The van der Waals surface area contributed by atoms with Crippen LogP contribution in [-0.2, 0) is 9.47 Å². The first-order valence-electron chi connectivity index (χ1n) is 6.22. The van der Waals surface area contributed by atoms with Gasteiger partial charge in [0.15, 0.2) is 0 Å². The maximum absolute atomic E-state index is 11.9. The van der Waals surface area contributed by atoms with E-state index in [1.165, 1.54) is 18.2 Å². The number of hydrogen-bond acceptors (Lipinski definition) is 5. The highest BCUT2D eigenvalue weighted by atomic mass is 35.5. The van der Waals surface area contributed by atoms with Crippen LogP contribution in [-0.4, -0.2) is 30.0 Å². The number of halogens is 1. The number of esters is 2. The minimum atomic E-state index is -0.572. The predicted octanol–water partition coefficient (Wildman–Crippen LogP) is 2.62. The van der Waals surface area contributed by atoms with Gasteiger partial charge in [-0.25, -0.2) is 9.59 Å². The Bertz CT molecular complexity index is 502. The molecule has 6 heteroatoms. The summed E-state index contributed by atoms with van der Waals surface area (Å²) in [5, 5.41) is 0. The van der Waals surface area contributed by atoms with Crippen molar-refractivity contribution < 1.29 is 19.1 Å². The second-order valence-corrected chi connectivity index (χ2v) is 4.93. The van der Waals surface area contributed by atoms with E-state index in [9.17, 15) is 9.59 Å². The Morgan fingerprint density at radius 3 is 2.40 bits per heavy atom. The molecule has 0 bridgehead atoms. The van der Waals surface area contributed by atoms with Gasteiger partial charge < -0.3 is 15.2 Å². The fraction of sp³-hybridized carbons (Fsp3) is 0.429. The fourth-order valence-electron chi connectivity index (χ4n) is 1.42. The highest BCUT2D eigenvalue weighted by Crippen LogP contribution is 2.17. The number of ether oxygens (including phenoxy) is 2. The minimum absolute atomic E-state index is 0.145. The molecule has 1 unspecified atom stereocenters. The molecule has 0 saturated heterocycles. The summed E-state index contributed by atoms with van der Waals surface area (Å²) in [5.74, 6) is -0.933. The highest BCUT2D eigenvalue weighted by Gasteiger charge is 2.18. The van der Waals surface area contributed by atoms with E-state index in [4.69, 9.17) is 26.8 Å². The number of anilines is 1. The maximum atomic E-state index is 11.9. The van der Waals surface area contributed by atoms with E-state index < -0.39 is 18.0 Å². The van der Waals surface area contributed by atoms with Gasteiger partial charge in [0, 0.05) is 5.69 Å². The van der Waals surface area contributed by atoms with Crippen molar-refractivity contribution in [3.05, 3.63) is 29.3 Å². The predicted molar refractivity (Wildman–Crippen MR) is 77.0 cm³/mol. The maximum Gasteiger partial charge on any atom is 0.340 e. The first-order valence-corrected chi connectivity index (χ1v) is 6.76. The van der Waals surface area contributed by atoms with Gasteiger partial charge in [-0.3, -0.25) is 0 Å². The molecule has 0 spiro atoms. The smallest absolute Gasteiger partial charge is 0.340 e. The van der Waals surface area contributed by atoms with Crippen LogP contribution < -0.4 is 5.73 Å². The quantitative estimate of drug-likeness (QED) is 0.513. The Kier molecular flexibility index (Phi) is 5.82. The first kappa shape index (κ1) is 16.3. The molecule has 20 heavy (non-hydrogen) atoms. The van der Waals surface area contributed by atoms with Gasteiger partial charge in [-0.05, 0) is 39.0 Å². The third-order valence-corrected chi connectivity index (χ3v) is 2.81. The number of rotatable bonds is 5. The Morgan fingerprint density at radius 1 is 1.20 bits per heavy atom. The van der Waals surface area contributed by atoms with E-state index in [2.05, 4.69) is 0 Å². The van der Waals surface area contributed by atoms with Gasteiger partial charge >= 0.3 is 11.9 Å². The second-order valence-electron chi connectivity index (χ2n) is 4.63. The minimum Gasteiger partial charge on any atom is -0.459 e. The van der Waals surface area contributed by atoms with Crippen LogP contribution in [0.1, 0.15) is 41.5 Å². The average Bonchev–Trinajstić information content (AvgIpc) is 2.37. The third kappa shape index (κ3) is 4.42. The van der Waals surface area contributed by atoms with Crippen molar-refractivity contribution in [2.24, 2.45) is 0 Å². The molecule has 0 amide bonds. The molecule has 0 saturated carbocycles. The third-order valence-electron chi connectivity index (χ3n) is 2.38. The lowest BCUT2D eigenvalue weighted by Crippen LogP contribution is -2.18. The van der Waals surface area contributed by atoms with Crippen LogP contribution in [0.15, 0.2) is 18.2 Å². The largest absolute Gasteiger partial charge is 0.459 e. The summed E-state index contributed by atoms with van der Waals surface area (Å²) in [5.41, 5.74) is 6.34. The Labute approximate surface area is 123 Å². The lowest BCUT2D eigenvalue weighted by Gasteiger charge is -2.12. The number of benzene rings is 1. The molecule has 0 aliphatic carbocycles. The van der Waals surface area contributed by atoms with Gasteiger partial charge in [-0.1, -0.05) is 0 Å². The molecular formula is C14H18ClNO4. The van der Waals surface area contributed by atoms with Crippen LogP contribution >= 0.6 is 11.6 Å². The molecular weight excluding hydrogens is 282 g/mol. The normalized spacial score (nSPS) is 12.1. The monoisotopic (exact) mass is 299 g/mol. The SMILES string of the molecule is CC(C)OC(=O)c1cc(C(=O)OC(C)CCl)ccc1N. The summed E-state index contributed by atoms with van der Waals surface area (Å²) in [4.78, 5) is 23.7. The summed E-state index contributed by atoms with van der Waals surface area (Å²) >= 11 is 5.58. The van der Waals surface area contributed by atoms with Gasteiger partial charge in [0.25, 0.3) is 0 Å². The van der Waals surface area contributed by atoms with Gasteiger partial charge in [-0.2, -0.15) is 0 Å². The van der Waals surface area contributed by atoms with E-state index in [1.807, 2.05) is 0 Å². The van der Waals surface area contributed by atoms with Crippen molar-refractivity contribution in [3.63, 3.8) is 0 Å². The first-order chi connectivity index (χ1) is 9.35. The van der Waals surface area contributed by atoms with Gasteiger partial charge in [0.05, 0.1) is 23.1 Å². The van der Waals surface area contributed by atoms with Gasteiger partial charge in [0.2, 0.25) is 0 Å². The molecule has 1 rings (SSSR count). The van der Waals surface area contributed by atoms with Crippen molar-refractivity contribution >= 4 is 29.2 Å². The Hall–Kier alpha value is -1.75. The zero-order chi connectivity index (χ0) is 15.3. The molecule has 1 aromatic rings. The molecule has 0 aliphatic rings. The number of nitrogen functional groups attached to an aromatic ring is 1. The fourth-order valence-corrected chi connectivity index (χ4v) is 1.48. The van der Waals surface area contributed by atoms with E-state index in [1.54, 1.807) is 20.8 Å². The van der Waals surface area contributed by atoms with E-state index in [0.29, 0.717) is 0 Å². The van der Waals surface area contributed by atoms with Crippen molar-refractivity contribution in [2.75, 3.05) is 11.6 Å². The van der Waals surface area contributed by atoms with Gasteiger partial charge in [-0.15, -0.1) is 11.6 Å². The summed E-state index contributed by atoms with van der Waals surface area (Å²) in [6.07, 6.45) is -0.679. The molecule has 0 heterocycles. The molecule has 1 atom stereocenters. The van der Waals surface area contributed by atoms with E-state index in [-0.39, 0.29) is 28.8 Å². The van der Waals surface area contributed by atoms with Crippen LogP contribution in [0.4, 0.5) is 5.69 Å². The van der Waals surface area contributed by atoms with Crippen LogP contribution in [0.25, 0.3) is 0 Å². The van der Waals surface area contributed by atoms with Crippen molar-refractivity contribution in [2.45, 2.75) is 33.0 Å². The number of hydrogen-bond donors (Lipinski definition) is 1. The number of alkyl halides is 1. The number of carbonyl (C=O) groups excluding carboxylic acids is 2. The molecule has 0 aromatic heterocycles. The van der Waals surface area contributed by atoms with Crippen LogP contribution in [0, 0.1) is 0 Å². The molecule has 2 N–H and O–H groups in total. The zero-order valence-electron chi connectivity index (χ0n) is 11.7. The van der Waals surface area contributed by atoms with Crippen molar-refractivity contribution in [1.82, 2.24) is 0 Å². The van der Waals surface area contributed by atoms with Crippen molar-refractivity contribution in [1.29, 1.82) is 0 Å². The Morgan fingerprint density at radius 2 is 1.85 bits per heavy atom. The summed E-state index contributed by atoms with van der Waals surface area (Å²) < 4.78 is 10.1. The van der Waals surface area contributed by atoms with Crippen LogP contribution in [0.2, 0.25) is 0 Å². The number of carbonyl (C=O) groups is 2. The molecule has 0 fully saturated rings. The summed E-state index contributed by atoms with van der Waals surface area (Å²) in [6.45, 7) is 5.14. The second kappa shape index (κ2) is 7.14. The molecule has 5 nitrogen and oxygen atoms in total. The standard InChI is InChI=1S/C14H18ClNO4/c1-8(2)19-14(18)11-6-10(4-5-12(11)16)13(17)20-9(3)7-15/h4-6,8-9H,7,16H2,1-3H3. The van der Waals surface area contributed by atoms with E-state index >= 15 is 0 Å². The summed E-state index contributed by atoms with van der Waals surface area (Å²) in [6, 6.07) is 4.33. The van der Waals surface area contributed by atoms with Crippen LogP contribution in [0.3, 0.4) is 0 Å². The Balaban J connectivity index is 2.96. The molecule has 0 aliphatic heterocycles. The lowest BCUT2D eigenvalue weighted by molar-refractivity contribution is 0.0379. The highest BCUT2D eigenvalue weighted by molar-refractivity contribution is 6.18. The molecule has 1 aromatic carbocycles. The van der Waals surface area contributed by atoms with E-state index in [0.717, 1.165) is 0 Å². The topological polar surface area (TPSA) is 78.6 Å². The number of nitrogens with two attached hydrogens (primary N) is 1.